The molecule has 0 radical (unpaired) electrons. The molecule has 42 heavy (non-hydrogen) atoms. The van der Waals surface area contributed by atoms with E-state index in [2.05, 4.69) is 40.7 Å². The molecule has 4 aliphatic carbocycles. The van der Waals surface area contributed by atoms with E-state index in [9.17, 15) is 9.90 Å². The number of hydrogen-bond donors (Lipinski definition) is 3. The summed E-state index contributed by atoms with van der Waals surface area (Å²) in [6.45, 7) is 14.8. The van der Waals surface area contributed by atoms with Crippen molar-refractivity contribution in [2.75, 3.05) is 26.2 Å². The molecule has 5 N–H and O–H groups in total. The third kappa shape index (κ3) is 7.07. The second-order valence-electron chi connectivity index (χ2n) is 15.6. The van der Waals surface area contributed by atoms with Crippen molar-refractivity contribution in [2.45, 2.75) is 137 Å². The number of ether oxygens (including phenoxy) is 1. The Labute approximate surface area is 257 Å². The fraction of sp³-hybridized carbons (Fsp3) is 0.917. The number of fused-ring (bicyclic) bond motifs is 5. The van der Waals surface area contributed by atoms with E-state index in [1.807, 2.05) is 4.90 Å². The van der Waals surface area contributed by atoms with Crippen molar-refractivity contribution in [1.29, 1.82) is 0 Å². The number of allylic oxidation sites excluding steroid dienone is 1. The minimum Gasteiger partial charge on any atom is -0.445 e. The zero-order chi connectivity index (χ0) is 30.5. The van der Waals surface area contributed by atoms with Gasteiger partial charge in [0.15, 0.2) is 0 Å². The molecular weight excluding hydrogens is 522 g/mol. The first kappa shape index (κ1) is 33.8. The standard InChI is InChI=1S/C36H65N3O3/c1-25(2)11-10-12-26(3)30-15-16-31-29-14-13-27-23-28(40)24-33(36(27,5)32(29)17-18-35(30,31)4)42-34(41)39(21-8-6-19-37)22-9-7-20-38/h13,25-26,28-33,40H,6-12,14-24,37-38H2,1-5H3/t26-,28+,29+,30-,31+,32+,33?,35-,36+/m1/s1. The number of carbonyl (C=O) groups excluding carboxylic acids is 1. The third-order valence-electron chi connectivity index (χ3n) is 12.6. The highest BCUT2D eigenvalue weighted by Crippen LogP contribution is 2.67. The molecular formula is C36H65N3O3. The number of rotatable bonds is 14. The molecule has 6 nitrogen and oxygen atoms in total. The Balaban J connectivity index is 1.51. The smallest absolute Gasteiger partial charge is 0.410 e. The highest BCUT2D eigenvalue weighted by molar-refractivity contribution is 5.68. The van der Waals surface area contributed by atoms with Gasteiger partial charge in [-0.15, -0.1) is 0 Å². The van der Waals surface area contributed by atoms with Crippen molar-refractivity contribution in [3.8, 4) is 0 Å². The highest BCUT2D eigenvalue weighted by atomic mass is 16.6. The van der Waals surface area contributed by atoms with Gasteiger partial charge in [0.1, 0.15) is 6.10 Å². The van der Waals surface area contributed by atoms with Crippen LogP contribution in [0, 0.1) is 46.3 Å². The zero-order valence-corrected chi connectivity index (χ0v) is 27.8. The molecule has 1 amide bonds. The lowest BCUT2D eigenvalue weighted by atomic mass is 9.46. The van der Waals surface area contributed by atoms with Crippen LogP contribution >= 0.6 is 0 Å². The number of unbranched alkanes of at least 4 members (excludes halogenated alkanes) is 2. The normalized spacial score (nSPS) is 36.5. The number of hydrogen-bond acceptors (Lipinski definition) is 5. The molecule has 0 saturated heterocycles. The molecule has 0 spiro atoms. The number of nitrogens with zero attached hydrogens (tertiary/aromatic N) is 1. The zero-order valence-electron chi connectivity index (χ0n) is 27.8. The van der Waals surface area contributed by atoms with E-state index in [0.29, 0.717) is 49.9 Å². The summed E-state index contributed by atoms with van der Waals surface area (Å²) in [5, 5.41) is 10.9. The SMILES string of the molecule is CC(C)CCC[C@@H](C)[C@H]1CC[C@H]2[C@@H]3CC=C4C[C@H](O)CC(OC(=O)N(CCCCN)CCCCN)[C@]4(C)[C@H]3CC[C@]12C. The van der Waals surface area contributed by atoms with Gasteiger partial charge in [0, 0.05) is 24.9 Å². The minimum atomic E-state index is -0.446. The molecule has 3 fully saturated rings. The Hall–Kier alpha value is -1.11. The number of amides is 1. The van der Waals surface area contributed by atoms with Gasteiger partial charge >= 0.3 is 6.09 Å². The molecule has 1 unspecified atom stereocenters. The largest absolute Gasteiger partial charge is 0.445 e. The van der Waals surface area contributed by atoms with Crippen molar-refractivity contribution >= 4 is 6.09 Å². The van der Waals surface area contributed by atoms with E-state index in [0.717, 1.165) is 62.2 Å². The molecule has 242 valence electrons. The van der Waals surface area contributed by atoms with Crippen LogP contribution in [0.1, 0.15) is 125 Å². The molecule has 4 rings (SSSR count). The van der Waals surface area contributed by atoms with Gasteiger partial charge in [0.2, 0.25) is 0 Å². The van der Waals surface area contributed by atoms with Gasteiger partial charge in [0.05, 0.1) is 6.10 Å². The summed E-state index contributed by atoms with van der Waals surface area (Å²) in [5.41, 5.74) is 13.1. The van der Waals surface area contributed by atoms with Gasteiger partial charge in [-0.2, -0.15) is 0 Å². The molecule has 3 saturated carbocycles. The molecule has 0 aromatic carbocycles. The average molecular weight is 588 g/mol. The van der Waals surface area contributed by atoms with Crippen molar-refractivity contribution < 1.29 is 14.6 Å². The molecule has 0 bridgehead atoms. The average Bonchev–Trinajstić information content (AvgIpc) is 3.30. The predicted octanol–water partition coefficient (Wildman–Crippen LogP) is 7.28. The Bertz CT molecular complexity index is 897. The van der Waals surface area contributed by atoms with Crippen molar-refractivity contribution in [2.24, 2.45) is 57.8 Å². The summed E-state index contributed by atoms with van der Waals surface area (Å²) in [6.07, 6.45) is 16.8. The lowest BCUT2D eigenvalue weighted by Crippen LogP contribution is -2.57. The molecule has 0 aromatic heterocycles. The maximum atomic E-state index is 13.7. The van der Waals surface area contributed by atoms with Crippen LogP contribution in [-0.2, 0) is 4.74 Å². The van der Waals surface area contributed by atoms with Crippen LogP contribution in [0.15, 0.2) is 11.6 Å². The summed E-state index contributed by atoms with van der Waals surface area (Å²) in [7, 11) is 0. The second kappa shape index (κ2) is 14.8. The molecule has 0 aliphatic heterocycles. The Morgan fingerprint density at radius 3 is 2.33 bits per heavy atom. The summed E-state index contributed by atoms with van der Waals surface area (Å²) in [4.78, 5) is 15.6. The van der Waals surface area contributed by atoms with E-state index in [-0.39, 0.29) is 17.6 Å². The van der Waals surface area contributed by atoms with E-state index < -0.39 is 6.10 Å². The maximum absolute atomic E-state index is 13.7. The van der Waals surface area contributed by atoms with E-state index in [1.165, 1.54) is 50.5 Å². The summed E-state index contributed by atoms with van der Waals surface area (Å²) in [6, 6.07) is 0. The van der Waals surface area contributed by atoms with Crippen LogP contribution in [0.5, 0.6) is 0 Å². The number of nitrogens with two attached hydrogens (primary N) is 2. The Morgan fingerprint density at radius 2 is 1.69 bits per heavy atom. The summed E-state index contributed by atoms with van der Waals surface area (Å²) >= 11 is 0. The van der Waals surface area contributed by atoms with Crippen LogP contribution < -0.4 is 11.5 Å². The second-order valence-corrected chi connectivity index (χ2v) is 15.6. The molecule has 6 heteroatoms. The molecule has 4 aliphatic rings. The third-order valence-corrected chi connectivity index (χ3v) is 12.6. The first-order valence-corrected chi connectivity index (χ1v) is 17.8. The van der Waals surface area contributed by atoms with Gasteiger partial charge < -0.3 is 26.2 Å². The first-order valence-electron chi connectivity index (χ1n) is 17.8. The lowest BCUT2D eigenvalue weighted by molar-refractivity contribution is -0.114. The van der Waals surface area contributed by atoms with E-state index in [1.54, 1.807) is 0 Å². The van der Waals surface area contributed by atoms with Crippen molar-refractivity contribution in [3.05, 3.63) is 11.6 Å². The molecule has 0 aromatic rings. The Morgan fingerprint density at radius 1 is 1.00 bits per heavy atom. The highest BCUT2D eigenvalue weighted by Gasteiger charge is 2.61. The van der Waals surface area contributed by atoms with Gasteiger partial charge in [-0.3, -0.25) is 0 Å². The topological polar surface area (TPSA) is 102 Å². The fourth-order valence-corrected chi connectivity index (χ4v) is 10.3. The van der Waals surface area contributed by atoms with Crippen LogP contribution in [-0.4, -0.2) is 54.5 Å². The van der Waals surface area contributed by atoms with Gasteiger partial charge in [-0.25, -0.2) is 4.79 Å². The Kier molecular flexibility index (Phi) is 11.9. The van der Waals surface area contributed by atoms with Gasteiger partial charge in [-0.05, 0) is 118 Å². The first-order chi connectivity index (χ1) is 20.1. The molecule has 9 atom stereocenters. The fourth-order valence-electron chi connectivity index (χ4n) is 10.3. The summed E-state index contributed by atoms with van der Waals surface area (Å²) < 4.78 is 6.49. The van der Waals surface area contributed by atoms with Gasteiger partial charge in [0.25, 0.3) is 0 Å². The van der Waals surface area contributed by atoms with Crippen LogP contribution in [0.25, 0.3) is 0 Å². The van der Waals surface area contributed by atoms with E-state index in [4.69, 9.17) is 16.2 Å². The monoisotopic (exact) mass is 588 g/mol. The number of carbonyl (C=O) groups is 1. The maximum Gasteiger partial charge on any atom is 0.410 e. The number of aliphatic hydroxyl groups is 1. The van der Waals surface area contributed by atoms with Crippen molar-refractivity contribution in [3.63, 3.8) is 0 Å². The predicted molar refractivity (Wildman–Crippen MR) is 173 cm³/mol. The van der Waals surface area contributed by atoms with Crippen molar-refractivity contribution in [1.82, 2.24) is 4.90 Å². The minimum absolute atomic E-state index is 0.194. The van der Waals surface area contributed by atoms with Gasteiger partial charge in [-0.1, -0.05) is 65.5 Å². The van der Waals surface area contributed by atoms with Crippen LogP contribution in [0.2, 0.25) is 0 Å². The van der Waals surface area contributed by atoms with Crippen LogP contribution in [0.4, 0.5) is 4.79 Å². The molecule has 0 heterocycles. The van der Waals surface area contributed by atoms with E-state index >= 15 is 0 Å². The summed E-state index contributed by atoms with van der Waals surface area (Å²) in [5.74, 6) is 4.32. The lowest BCUT2D eigenvalue weighted by Gasteiger charge is -2.60. The van der Waals surface area contributed by atoms with Crippen LogP contribution in [0.3, 0.4) is 0 Å². The number of aliphatic hydroxyl groups excluding tert-OH is 1. The quantitative estimate of drug-likeness (QED) is 0.146.